The number of hydrogen-bond donors (Lipinski definition) is 2. The fourth-order valence-electron chi connectivity index (χ4n) is 4.71. The van der Waals surface area contributed by atoms with Crippen LogP contribution in [0.4, 0.5) is 11.4 Å². The second-order valence-corrected chi connectivity index (χ2v) is 9.89. The number of ether oxygens (including phenoxy) is 1. The number of nitrogens with one attached hydrogen (secondary N) is 2. The van der Waals surface area contributed by atoms with Gasteiger partial charge in [-0.25, -0.2) is 0 Å². The standard InChI is InChI=1S/C29H27ClN4O3S/c1-17-15-19(10-11-22(17)32-26(35)16-36-3)34-28(27(33-29(34)38)23-9-4-5-14-31-23)25-13-12-24(37-25)20-7-6-8-21(30)18(20)2/h4-15,27-28H,16H2,1-3H3,(H,32,35)(H,33,38)/t27-,28-/m1/s1. The fraction of sp³-hybridized carbons (Fsp3) is 0.207. The van der Waals surface area contributed by atoms with Gasteiger partial charge in [0.2, 0.25) is 5.91 Å². The molecular formula is C29H27ClN4O3S. The van der Waals surface area contributed by atoms with Crippen molar-refractivity contribution >= 4 is 46.2 Å². The van der Waals surface area contributed by atoms with Crippen LogP contribution in [0.15, 0.2) is 77.3 Å². The normalized spacial score (nSPS) is 16.9. The van der Waals surface area contributed by atoms with E-state index in [1.165, 1.54) is 7.11 Å². The van der Waals surface area contributed by atoms with Gasteiger partial charge < -0.3 is 24.7 Å². The molecule has 3 heterocycles. The van der Waals surface area contributed by atoms with Crippen LogP contribution < -0.4 is 15.5 Å². The van der Waals surface area contributed by atoms with Gasteiger partial charge in [-0.15, -0.1) is 0 Å². The third-order valence-electron chi connectivity index (χ3n) is 6.59. The van der Waals surface area contributed by atoms with E-state index in [-0.39, 0.29) is 24.6 Å². The van der Waals surface area contributed by atoms with E-state index >= 15 is 0 Å². The van der Waals surface area contributed by atoms with Gasteiger partial charge in [0, 0.05) is 35.3 Å². The number of benzene rings is 2. The van der Waals surface area contributed by atoms with Crippen molar-refractivity contribution in [2.75, 3.05) is 23.9 Å². The molecule has 4 aromatic rings. The van der Waals surface area contributed by atoms with E-state index in [2.05, 4.69) is 15.6 Å². The maximum Gasteiger partial charge on any atom is 0.250 e. The summed E-state index contributed by atoms with van der Waals surface area (Å²) in [6.45, 7) is 3.91. The molecule has 1 aliphatic heterocycles. The van der Waals surface area contributed by atoms with Crippen molar-refractivity contribution in [3.8, 4) is 11.3 Å². The highest BCUT2D eigenvalue weighted by atomic mass is 35.5. The van der Waals surface area contributed by atoms with Crippen LogP contribution in [-0.2, 0) is 9.53 Å². The number of nitrogens with zero attached hydrogens (tertiary/aromatic N) is 2. The summed E-state index contributed by atoms with van der Waals surface area (Å²) in [5, 5.41) is 7.57. The molecule has 7 nitrogen and oxygen atoms in total. The van der Waals surface area contributed by atoms with Crippen molar-refractivity contribution in [1.29, 1.82) is 0 Å². The Labute approximate surface area is 231 Å². The zero-order chi connectivity index (χ0) is 26.8. The number of amides is 1. The van der Waals surface area contributed by atoms with Crippen LogP contribution in [0.2, 0.25) is 5.02 Å². The van der Waals surface area contributed by atoms with Gasteiger partial charge in [0.05, 0.1) is 11.7 Å². The molecule has 0 spiro atoms. The summed E-state index contributed by atoms with van der Waals surface area (Å²) in [4.78, 5) is 18.7. The largest absolute Gasteiger partial charge is 0.459 e. The molecule has 5 rings (SSSR count). The van der Waals surface area contributed by atoms with E-state index in [4.69, 9.17) is 33.0 Å². The first-order chi connectivity index (χ1) is 18.4. The number of pyridine rings is 1. The molecule has 0 radical (unpaired) electrons. The Hall–Kier alpha value is -3.72. The second kappa shape index (κ2) is 10.9. The van der Waals surface area contributed by atoms with Gasteiger partial charge in [-0.05, 0) is 85.7 Å². The highest BCUT2D eigenvalue weighted by molar-refractivity contribution is 7.80. The minimum Gasteiger partial charge on any atom is -0.459 e. The molecule has 38 heavy (non-hydrogen) atoms. The molecule has 1 amide bonds. The number of aryl methyl sites for hydroxylation is 1. The van der Waals surface area contributed by atoms with Crippen LogP contribution in [0.5, 0.6) is 0 Å². The molecule has 1 fully saturated rings. The minimum absolute atomic E-state index is 0.0118. The minimum atomic E-state index is -0.307. The van der Waals surface area contributed by atoms with E-state index in [0.29, 0.717) is 15.8 Å². The molecule has 2 atom stereocenters. The molecule has 0 unspecified atom stereocenters. The Kier molecular flexibility index (Phi) is 7.46. The molecule has 0 saturated carbocycles. The number of carbonyl (C=O) groups excluding carboxylic acids is 1. The summed E-state index contributed by atoms with van der Waals surface area (Å²) in [5.74, 6) is 1.25. The van der Waals surface area contributed by atoms with Crippen LogP contribution in [0.1, 0.15) is 34.7 Å². The van der Waals surface area contributed by atoms with Gasteiger partial charge >= 0.3 is 0 Å². The average molecular weight is 547 g/mol. The summed E-state index contributed by atoms with van der Waals surface area (Å²) in [5.41, 5.74) is 5.21. The Morgan fingerprint density at radius 2 is 2.00 bits per heavy atom. The van der Waals surface area contributed by atoms with Crippen LogP contribution in [0.25, 0.3) is 11.3 Å². The molecule has 2 aromatic carbocycles. The van der Waals surface area contributed by atoms with Crippen molar-refractivity contribution in [3.05, 3.63) is 101 Å². The zero-order valence-corrected chi connectivity index (χ0v) is 22.8. The predicted molar refractivity (Wildman–Crippen MR) is 154 cm³/mol. The van der Waals surface area contributed by atoms with E-state index < -0.39 is 0 Å². The molecule has 1 saturated heterocycles. The number of halogens is 1. The quantitative estimate of drug-likeness (QED) is 0.261. The molecule has 2 N–H and O–H groups in total. The third kappa shape index (κ3) is 5.03. The van der Waals surface area contributed by atoms with Crippen LogP contribution in [0, 0.1) is 13.8 Å². The highest BCUT2D eigenvalue weighted by Gasteiger charge is 2.42. The van der Waals surface area contributed by atoms with Gasteiger partial charge in [-0.3, -0.25) is 9.78 Å². The fourth-order valence-corrected chi connectivity index (χ4v) is 5.23. The number of carbonyl (C=O) groups is 1. The smallest absolute Gasteiger partial charge is 0.250 e. The lowest BCUT2D eigenvalue weighted by Gasteiger charge is -2.27. The first-order valence-electron chi connectivity index (χ1n) is 12.1. The van der Waals surface area contributed by atoms with Crippen molar-refractivity contribution in [2.24, 2.45) is 0 Å². The topological polar surface area (TPSA) is 79.6 Å². The number of rotatable bonds is 7. The molecule has 2 aromatic heterocycles. The number of furan rings is 1. The number of aromatic nitrogens is 1. The summed E-state index contributed by atoms with van der Waals surface area (Å²) in [6, 6.07) is 20.8. The van der Waals surface area contributed by atoms with Crippen LogP contribution >= 0.6 is 23.8 Å². The lowest BCUT2D eigenvalue weighted by Crippen LogP contribution is -2.29. The average Bonchev–Trinajstić information content (AvgIpc) is 3.52. The highest BCUT2D eigenvalue weighted by Crippen LogP contribution is 2.44. The van der Waals surface area contributed by atoms with E-state index in [1.807, 2.05) is 85.5 Å². The molecule has 1 aliphatic rings. The van der Waals surface area contributed by atoms with Gasteiger partial charge in [-0.1, -0.05) is 29.8 Å². The number of anilines is 2. The van der Waals surface area contributed by atoms with E-state index in [9.17, 15) is 4.79 Å². The van der Waals surface area contributed by atoms with Gasteiger partial charge in [0.1, 0.15) is 24.2 Å². The Morgan fingerprint density at radius 3 is 2.74 bits per heavy atom. The van der Waals surface area contributed by atoms with E-state index in [0.717, 1.165) is 39.6 Å². The Morgan fingerprint density at radius 1 is 1.16 bits per heavy atom. The third-order valence-corrected chi connectivity index (χ3v) is 7.31. The Balaban J connectivity index is 1.55. The molecular weight excluding hydrogens is 520 g/mol. The monoisotopic (exact) mass is 546 g/mol. The maximum atomic E-state index is 12.1. The van der Waals surface area contributed by atoms with Crippen molar-refractivity contribution < 1.29 is 13.9 Å². The molecule has 194 valence electrons. The first kappa shape index (κ1) is 25.9. The van der Waals surface area contributed by atoms with Crippen molar-refractivity contribution in [2.45, 2.75) is 25.9 Å². The summed E-state index contributed by atoms with van der Waals surface area (Å²) in [6.07, 6.45) is 1.77. The maximum absolute atomic E-state index is 12.1. The number of hydrogen-bond acceptors (Lipinski definition) is 5. The molecule has 9 heteroatoms. The predicted octanol–water partition coefficient (Wildman–Crippen LogP) is 6.37. The number of methoxy groups -OCH3 is 1. The lowest BCUT2D eigenvalue weighted by molar-refractivity contribution is -0.119. The first-order valence-corrected chi connectivity index (χ1v) is 12.9. The molecule has 0 aliphatic carbocycles. The van der Waals surface area contributed by atoms with Gasteiger partial charge in [-0.2, -0.15) is 0 Å². The van der Waals surface area contributed by atoms with Gasteiger partial charge in [0.25, 0.3) is 0 Å². The summed E-state index contributed by atoms with van der Waals surface area (Å²) in [7, 11) is 1.49. The van der Waals surface area contributed by atoms with Crippen LogP contribution in [-0.4, -0.2) is 29.7 Å². The second-order valence-electron chi connectivity index (χ2n) is 9.09. The number of thiocarbonyl (C=S) groups is 1. The SMILES string of the molecule is COCC(=O)Nc1ccc(N2C(=S)N[C@H](c3ccccn3)[C@H]2c2ccc(-c3cccc(Cl)c3C)o2)cc1C. The van der Waals surface area contributed by atoms with Gasteiger partial charge in [0.15, 0.2) is 5.11 Å². The lowest BCUT2D eigenvalue weighted by atomic mass is 10.0. The summed E-state index contributed by atoms with van der Waals surface area (Å²) < 4.78 is 11.4. The zero-order valence-electron chi connectivity index (χ0n) is 21.2. The Bertz CT molecular complexity index is 1490. The van der Waals surface area contributed by atoms with Crippen molar-refractivity contribution in [3.63, 3.8) is 0 Å². The van der Waals surface area contributed by atoms with Crippen LogP contribution in [0.3, 0.4) is 0 Å². The summed E-state index contributed by atoms with van der Waals surface area (Å²) >= 11 is 12.2. The van der Waals surface area contributed by atoms with E-state index in [1.54, 1.807) is 6.20 Å². The molecule has 0 bridgehead atoms. The van der Waals surface area contributed by atoms with Crippen molar-refractivity contribution in [1.82, 2.24) is 10.3 Å².